The summed E-state index contributed by atoms with van der Waals surface area (Å²) in [4.78, 5) is 4.25. The lowest BCUT2D eigenvalue weighted by molar-refractivity contribution is 0.114. The van der Waals surface area contributed by atoms with E-state index >= 15 is 0 Å². The van der Waals surface area contributed by atoms with Gasteiger partial charge < -0.3 is 20.5 Å². The van der Waals surface area contributed by atoms with E-state index in [4.69, 9.17) is 4.74 Å². The van der Waals surface area contributed by atoms with Crippen molar-refractivity contribution >= 4 is 5.96 Å². The zero-order chi connectivity index (χ0) is 20.4. The molecule has 0 heterocycles. The van der Waals surface area contributed by atoms with Gasteiger partial charge in [-0.25, -0.2) is 13.2 Å². The van der Waals surface area contributed by atoms with Crippen LogP contribution in [0.2, 0.25) is 0 Å². The number of aliphatic hydroxyl groups excluding tert-OH is 1. The van der Waals surface area contributed by atoms with E-state index in [9.17, 15) is 18.3 Å². The van der Waals surface area contributed by atoms with Gasteiger partial charge in [-0.2, -0.15) is 0 Å². The summed E-state index contributed by atoms with van der Waals surface area (Å²) < 4.78 is 45.0. The Morgan fingerprint density at radius 2 is 1.79 bits per heavy atom. The van der Waals surface area contributed by atoms with Crippen molar-refractivity contribution in [2.75, 3.05) is 26.2 Å². The highest BCUT2D eigenvalue weighted by atomic mass is 19.1. The first-order valence-electron chi connectivity index (χ1n) is 9.00. The minimum Gasteiger partial charge on any atom is -0.491 e. The largest absolute Gasteiger partial charge is 0.491 e. The molecule has 2 aromatic rings. The number of rotatable bonds is 9. The van der Waals surface area contributed by atoms with Crippen LogP contribution in [0.4, 0.5) is 13.2 Å². The molecule has 0 bridgehead atoms. The summed E-state index contributed by atoms with van der Waals surface area (Å²) in [5, 5.41) is 16.0. The van der Waals surface area contributed by atoms with Crippen molar-refractivity contribution in [3.8, 4) is 5.75 Å². The van der Waals surface area contributed by atoms with Crippen LogP contribution >= 0.6 is 0 Å². The predicted octanol–water partition coefficient (Wildman–Crippen LogP) is 2.64. The van der Waals surface area contributed by atoms with Gasteiger partial charge in [-0.3, -0.25) is 4.99 Å². The molecule has 0 saturated heterocycles. The van der Waals surface area contributed by atoms with Crippen LogP contribution in [0.3, 0.4) is 0 Å². The molecule has 2 aromatic carbocycles. The molecule has 0 amide bonds. The van der Waals surface area contributed by atoms with Crippen molar-refractivity contribution < 1.29 is 23.0 Å². The second-order valence-electron chi connectivity index (χ2n) is 6.05. The predicted molar refractivity (Wildman–Crippen MR) is 102 cm³/mol. The average Bonchev–Trinajstić information content (AvgIpc) is 2.68. The van der Waals surface area contributed by atoms with E-state index in [1.807, 2.05) is 6.92 Å². The quantitative estimate of drug-likeness (QED) is 0.451. The number of benzene rings is 2. The molecule has 3 N–H and O–H groups in total. The van der Waals surface area contributed by atoms with Crippen LogP contribution in [0.5, 0.6) is 5.75 Å². The van der Waals surface area contributed by atoms with Gasteiger partial charge in [0.05, 0.1) is 6.54 Å². The molecule has 8 heteroatoms. The summed E-state index contributed by atoms with van der Waals surface area (Å²) in [5.74, 6) is -0.413. The van der Waals surface area contributed by atoms with E-state index in [2.05, 4.69) is 15.6 Å². The molecule has 152 valence electrons. The normalized spacial score (nSPS) is 12.5. The lowest BCUT2D eigenvalue weighted by Gasteiger charge is -2.14. The van der Waals surface area contributed by atoms with Crippen molar-refractivity contribution in [2.24, 2.45) is 4.99 Å². The van der Waals surface area contributed by atoms with Gasteiger partial charge in [-0.1, -0.05) is 0 Å². The summed E-state index contributed by atoms with van der Waals surface area (Å²) in [6.45, 7) is 2.90. The number of ether oxygens (including phenoxy) is 1. The standard InChI is InChI=1S/C20H24F3N3O2/c1-2-24-20(25-10-9-14-11-16(22)5-8-19(14)23)26-12-17(27)13-28-18-6-3-15(21)4-7-18/h3-8,11,17,27H,2,9-10,12-13H2,1H3,(H2,24,25,26). The lowest BCUT2D eigenvalue weighted by Crippen LogP contribution is -2.39. The second-order valence-corrected chi connectivity index (χ2v) is 6.05. The van der Waals surface area contributed by atoms with E-state index in [0.717, 1.165) is 18.2 Å². The maximum absolute atomic E-state index is 13.6. The number of hydrogen-bond acceptors (Lipinski definition) is 3. The minimum absolute atomic E-state index is 0.00302. The average molecular weight is 395 g/mol. The first-order chi connectivity index (χ1) is 13.5. The Bertz CT molecular complexity index is 770. The summed E-state index contributed by atoms with van der Waals surface area (Å²) in [6.07, 6.45) is -0.578. The van der Waals surface area contributed by atoms with Gasteiger partial charge in [0, 0.05) is 13.1 Å². The molecule has 0 aliphatic carbocycles. The molecular formula is C20H24F3N3O2. The van der Waals surface area contributed by atoms with Gasteiger partial charge in [0.1, 0.15) is 35.9 Å². The number of halogens is 3. The van der Waals surface area contributed by atoms with Crippen molar-refractivity contribution in [2.45, 2.75) is 19.4 Å². The SMILES string of the molecule is CCNC(=NCC(O)COc1ccc(F)cc1)NCCc1cc(F)ccc1F. The fourth-order valence-corrected chi connectivity index (χ4v) is 2.36. The van der Waals surface area contributed by atoms with E-state index in [1.54, 1.807) is 0 Å². The Morgan fingerprint density at radius 3 is 2.50 bits per heavy atom. The van der Waals surface area contributed by atoms with Gasteiger partial charge in [0.15, 0.2) is 5.96 Å². The number of guanidine groups is 1. The first kappa shape index (κ1) is 21.6. The maximum atomic E-state index is 13.6. The van der Waals surface area contributed by atoms with Crippen LogP contribution in [0.25, 0.3) is 0 Å². The molecule has 28 heavy (non-hydrogen) atoms. The maximum Gasteiger partial charge on any atom is 0.191 e. The highest BCUT2D eigenvalue weighted by Gasteiger charge is 2.07. The smallest absolute Gasteiger partial charge is 0.191 e. The molecule has 0 aliphatic rings. The van der Waals surface area contributed by atoms with Gasteiger partial charge in [0.2, 0.25) is 0 Å². The zero-order valence-electron chi connectivity index (χ0n) is 15.6. The Morgan fingerprint density at radius 1 is 1.07 bits per heavy atom. The molecule has 1 unspecified atom stereocenters. The Hall–Kier alpha value is -2.74. The summed E-state index contributed by atoms with van der Waals surface area (Å²) in [5.41, 5.74) is 0.274. The van der Waals surface area contributed by atoms with Crippen LogP contribution in [0, 0.1) is 17.5 Å². The highest BCUT2D eigenvalue weighted by Crippen LogP contribution is 2.11. The van der Waals surface area contributed by atoms with Crippen LogP contribution in [-0.2, 0) is 6.42 Å². The molecular weight excluding hydrogens is 371 g/mol. The molecule has 0 radical (unpaired) electrons. The van der Waals surface area contributed by atoms with Gasteiger partial charge in [0.25, 0.3) is 0 Å². The van der Waals surface area contributed by atoms with Gasteiger partial charge >= 0.3 is 0 Å². The zero-order valence-corrected chi connectivity index (χ0v) is 15.6. The Kier molecular flexibility index (Phi) is 8.61. The van der Waals surface area contributed by atoms with Crippen LogP contribution in [0.1, 0.15) is 12.5 Å². The summed E-state index contributed by atoms with van der Waals surface area (Å²) in [6, 6.07) is 8.83. The molecule has 0 saturated carbocycles. The summed E-state index contributed by atoms with van der Waals surface area (Å²) in [7, 11) is 0. The fraction of sp³-hybridized carbons (Fsp3) is 0.350. The molecule has 1 atom stereocenters. The third kappa shape index (κ3) is 7.48. The fourth-order valence-electron chi connectivity index (χ4n) is 2.36. The molecule has 0 aromatic heterocycles. The van der Waals surface area contributed by atoms with Crippen molar-refractivity contribution in [3.05, 3.63) is 65.5 Å². The number of hydrogen-bond donors (Lipinski definition) is 3. The molecule has 0 aliphatic heterocycles. The second kappa shape index (κ2) is 11.2. The number of nitrogens with one attached hydrogen (secondary N) is 2. The third-order valence-electron chi connectivity index (χ3n) is 3.75. The van der Waals surface area contributed by atoms with Crippen molar-refractivity contribution in [1.29, 1.82) is 0 Å². The van der Waals surface area contributed by atoms with E-state index in [1.165, 1.54) is 24.3 Å². The van der Waals surface area contributed by atoms with E-state index in [-0.39, 0.29) is 31.0 Å². The molecule has 0 fully saturated rings. The van der Waals surface area contributed by atoms with E-state index < -0.39 is 17.7 Å². The van der Waals surface area contributed by atoms with Gasteiger partial charge in [-0.05, 0) is 61.4 Å². The molecule has 0 spiro atoms. The highest BCUT2D eigenvalue weighted by molar-refractivity contribution is 5.79. The minimum atomic E-state index is -0.860. The monoisotopic (exact) mass is 395 g/mol. The van der Waals surface area contributed by atoms with Crippen LogP contribution in [0.15, 0.2) is 47.5 Å². The Labute approximate surface area is 162 Å². The first-order valence-corrected chi connectivity index (χ1v) is 9.00. The van der Waals surface area contributed by atoms with E-state index in [0.29, 0.717) is 24.8 Å². The van der Waals surface area contributed by atoms with Crippen molar-refractivity contribution in [1.82, 2.24) is 10.6 Å². The number of aliphatic imine (C=N–C) groups is 1. The summed E-state index contributed by atoms with van der Waals surface area (Å²) >= 11 is 0. The lowest BCUT2D eigenvalue weighted by atomic mass is 10.1. The third-order valence-corrected chi connectivity index (χ3v) is 3.75. The van der Waals surface area contributed by atoms with Gasteiger partial charge in [-0.15, -0.1) is 0 Å². The molecule has 5 nitrogen and oxygen atoms in total. The Balaban J connectivity index is 1.80. The number of aliphatic hydroxyl groups is 1. The van der Waals surface area contributed by atoms with Crippen molar-refractivity contribution in [3.63, 3.8) is 0 Å². The topological polar surface area (TPSA) is 65.9 Å². The number of nitrogens with zero attached hydrogens (tertiary/aromatic N) is 1. The van der Waals surface area contributed by atoms with Crippen LogP contribution < -0.4 is 15.4 Å². The molecule has 2 rings (SSSR count). The van der Waals surface area contributed by atoms with Crippen LogP contribution in [-0.4, -0.2) is 43.4 Å².